The van der Waals surface area contributed by atoms with Crippen LogP contribution in [0.25, 0.3) is 0 Å². The Labute approximate surface area is 97.3 Å². The van der Waals surface area contributed by atoms with E-state index in [9.17, 15) is 9.18 Å². The standard InChI is InChI=1S/C12H11FN2O2/c1-8-14-4-5-15(8)7-9-2-3-10(13)6-11(9)12(16)17/h2-6H,7H2,1H3,(H,16,17). The Morgan fingerprint density at radius 3 is 2.88 bits per heavy atom. The number of imidazole rings is 1. The summed E-state index contributed by atoms with van der Waals surface area (Å²) in [4.78, 5) is 15.0. The second-order valence-corrected chi connectivity index (χ2v) is 3.71. The number of halogens is 1. The molecule has 0 amide bonds. The van der Waals surface area contributed by atoms with E-state index in [2.05, 4.69) is 4.98 Å². The minimum atomic E-state index is -1.13. The third-order valence-corrected chi connectivity index (χ3v) is 2.57. The topological polar surface area (TPSA) is 55.1 Å². The molecule has 0 aliphatic rings. The number of hydrogen-bond acceptors (Lipinski definition) is 2. The first-order chi connectivity index (χ1) is 8.08. The molecule has 0 atom stereocenters. The summed E-state index contributed by atoms with van der Waals surface area (Å²) in [6, 6.07) is 3.77. The van der Waals surface area contributed by atoms with Crippen molar-refractivity contribution in [3.05, 3.63) is 53.4 Å². The molecule has 0 aliphatic carbocycles. The second-order valence-electron chi connectivity index (χ2n) is 3.71. The lowest BCUT2D eigenvalue weighted by molar-refractivity contribution is 0.0695. The predicted molar refractivity (Wildman–Crippen MR) is 59.4 cm³/mol. The van der Waals surface area contributed by atoms with Crippen molar-refractivity contribution < 1.29 is 14.3 Å². The molecule has 0 fully saturated rings. The molecule has 0 radical (unpaired) electrons. The van der Waals surface area contributed by atoms with Gasteiger partial charge in [-0.05, 0) is 24.6 Å². The van der Waals surface area contributed by atoms with Gasteiger partial charge < -0.3 is 9.67 Å². The van der Waals surface area contributed by atoms with E-state index in [0.29, 0.717) is 12.1 Å². The number of carbonyl (C=O) groups is 1. The summed E-state index contributed by atoms with van der Waals surface area (Å²) in [5.74, 6) is -0.892. The molecule has 0 unspecified atom stereocenters. The molecule has 0 aliphatic heterocycles. The van der Waals surface area contributed by atoms with Gasteiger partial charge in [0.2, 0.25) is 0 Å². The third-order valence-electron chi connectivity index (χ3n) is 2.57. The molecule has 2 aromatic rings. The Balaban J connectivity index is 2.39. The minimum Gasteiger partial charge on any atom is -0.478 e. The van der Waals surface area contributed by atoms with Crippen molar-refractivity contribution in [2.24, 2.45) is 0 Å². The molecule has 1 aromatic heterocycles. The van der Waals surface area contributed by atoms with E-state index in [0.717, 1.165) is 11.9 Å². The highest BCUT2D eigenvalue weighted by Gasteiger charge is 2.12. The van der Waals surface area contributed by atoms with Crippen LogP contribution in [0.15, 0.2) is 30.6 Å². The molecule has 4 nitrogen and oxygen atoms in total. The molecule has 0 saturated carbocycles. The van der Waals surface area contributed by atoms with Crippen LogP contribution in [0.3, 0.4) is 0 Å². The Hall–Kier alpha value is -2.17. The molecule has 0 spiro atoms. The van der Waals surface area contributed by atoms with Crippen LogP contribution in [0.4, 0.5) is 4.39 Å². The maximum atomic E-state index is 13.0. The number of aromatic nitrogens is 2. The lowest BCUT2D eigenvalue weighted by Crippen LogP contribution is -2.08. The van der Waals surface area contributed by atoms with Crippen molar-refractivity contribution >= 4 is 5.97 Å². The van der Waals surface area contributed by atoms with Crippen LogP contribution in [0.5, 0.6) is 0 Å². The van der Waals surface area contributed by atoms with E-state index in [1.165, 1.54) is 12.1 Å². The molecule has 1 aromatic carbocycles. The molecular formula is C12H11FN2O2. The van der Waals surface area contributed by atoms with Crippen molar-refractivity contribution in [1.82, 2.24) is 9.55 Å². The molecule has 17 heavy (non-hydrogen) atoms. The van der Waals surface area contributed by atoms with E-state index in [-0.39, 0.29) is 5.56 Å². The van der Waals surface area contributed by atoms with E-state index in [1.807, 2.05) is 6.92 Å². The van der Waals surface area contributed by atoms with Gasteiger partial charge in [0.25, 0.3) is 0 Å². The summed E-state index contributed by atoms with van der Waals surface area (Å²) in [5.41, 5.74) is 0.540. The van der Waals surface area contributed by atoms with Crippen molar-refractivity contribution in [3.8, 4) is 0 Å². The molecule has 0 saturated heterocycles. The smallest absolute Gasteiger partial charge is 0.336 e. The lowest BCUT2D eigenvalue weighted by Gasteiger charge is -2.08. The summed E-state index contributed by atoms with van der Waals surface area (Å²) in [7, 11) is 0. The van der Waals surface area contributed by atoms with Crippen LogP contribution >= 0.6 is 0 Å². The fraction of sp³-hybridized carbons (Fsp3) is 0.167. The maximum Gasteiger partial charge on any atom is 0.336 e. The first kappa shape index (κ1) is 11.3. The highest BCUT2D eigenvalue weighted by Crippen LogP contribution is 2.14. The molecule has 2 rings (SSSR count). The first-order valence-corrected chi connectivity index (χ1v) is 5.07. The van der Waals surface area contributed by atoms with Gasteiger partial charge in [-0.15, -0.1) is 0 Å². The average molecular weight is 234 g/mol. The van der Waals surface area contributed by atoms with E-state index < -0.39 is 11.8 Å². The SMILES string of the molecule is Cc1nccn1Cc1ccc(F)cc1C(=O)O. The number of hydrogen-bond donors (Lipinski definition) is 1. The fourth-order valence-electron chi connectivity index (χ4n) is 1.64. The quantitative estimate of drug-likeness (QED) is 0.884. The van der Waals surface area contributed by atoms with Gasteiger partial charge in [-0.1, -0.05) is 6.07 Å². The largest absolute Gasteiger partial charge is 0.478 e. The fourth-order valence-corrected chi connectivity index (χ4v) is 1.64. The van der Waals surface area contributed by atoms with Gasteiger partial charge in [-0.3, -0.25) is 0 Å². The highest BCUT2D eigenvalue weighted by atomic mass is 19.1. The zero-order valence-electron chi connectivity index (χ0n) is 9.22. The molecule has 1 heterocycles. The number of aromatic carboxylic acids is 1. The van der Waals surface area contributed by atoms with E-state index in [4.69, 9.17) is 5.11 Å². The summed E-state index contributed by atoms with van der Waals surface area (Å²) in [5, 5.41) is 9.00. The summed E-state index contributed by atoms with van der Waals surface area (Å²) < 4.78 is 14.8. The van der Waals surface area contributed by atoms with Gasteiger partial charge in [-0.25, -0.2) is 14.2 Å². The van der Waals surface area contributed by atoms with Gasteiger partial charge in [0.1, 0.15) is 11.6 Å². The number of nitrogens with zero attached hydrogens (tertiary/aromatic N) is 2. The molecule has 1 N–H and O–H groups in total. The van der Waals surface area contributed by atoms with Gasteiger partial charge in [0.15, 0.2) is 0 Å². The number of aryl methyl sites for hydroxylation is 1. The Bertz CT molecular complexity index is 563. The highest BCUT2D eigenvalue weighted by molar-refractivity contribution is 5.89. The Kier molecular flexibility index (Phi) is 2.91. The third kappa shape index (κ3) is 2.33. The van der Waals surface area contributed by atoms with Gasteiger partial charge in [0, 0.05) is 18.9 Å². The van der Waals surface area contributed by atoms with Crippen molar-refractivity contribution in [2.45, 2.75) is 13.5 Å². The van der Waals surface area contributed by atoms with Crippen molar-refractivity contribution in [3.63, 3.8) is 0 Å². The zero-order chi connectivity index (χ0) is 12.4. The lowest BCUT2D eigenvalue weighted by atomic mass is 10.1. The first-order valence-electron chi connectivity index (χ1n) is 5.07. The van der Waals surface area contributed by atoms with Gasteiger partial charge >= 0.3 is 5.97 Å². The molecule has 0 bridgehead atoms. The molecule has 88 valence electrons. The van der Waals surface area contributed by atoms with Crippen LogP contribution < -0.4 is 0 Å². The normalized spacial score (nSPS) is 10.5. The van der Waals surface area contributed by atoms with Crippen LogP contribution in [-0.2, 0) is 6.54 Å². The monoisotopic (exact) mass is 234 g/mol. The van der Waals surface area contributed by atoms with Gasteiger partial charge in [0.05, 0.1) is 5.56 Å². The van der Waals surface area contributed by atoms with Crippen molar-refractivity contribution in [2.75, 3.05) is 0 Å². The molecule has 5 heteroatoms. The summed E-state index contributed by atoms with van der Waals surface area (Å²) >= 11 is 0. The van der Waals surface area contributed by atoms with Gasteiger partial charge in [-0.2, -0.15) is 0 Å². The predicted octanol–water partition coefficient (Wildman–Crippen LogP) is 2.08. The minimum absolute atomic E-state index is 0.0156. The van der Waals surface area contributed by atoms with Crippen LogP contribution in [0.2, 0.25) is 0 Å². The maximum absolute atomic E-state index is 13.0. The Morgan fingerprint density at radius 2 is 2.29 bits per heavy atom. The summed E-state index contributed by atoms with van der Waals surface area (Å²) in [6.07, 6.45) is 3.39. The number of carboxylic acid groups (broad SMARTS) is 1. The van der Waals surface area contributed by atoms with E-state index >= 15 is 0 Å². The zero-order valence-corrected chi connectivity index (χ0v) is 9.22. The Morgan fingerprint density at radius 1 is 1.53 bits per heavy atom. The van der Waals surface area contributed by atoms with Crippen LogP contribution in [0, 0.1) is 12.7 Å². The van der Waals surface area contributed by atoms with Crippen LogP contribution in [0.1, 0.15) is 21.7 Å². The number of benzene rings is 1. The van der Waals surface area contributed by atoms with Crippen LogP contribution in [-0.4, -0.2) is 20.6 Å². The number of carboxylic acids is 1. The average Bonchev–Trinajstić information content (AvgIpc) is 2.67. The molecular weight excluding hydrogens is 223 g/mol. The summed E-state index contributed by atoms with van der Waals surface area (Å²) in [6.45, 7) is 2.19. The number of rotatable bonds is 3. The second kappa shape index (κ2) is 4.37. The van der Waals surface area contributed by atoms with Crippen molar-refractivity contribution in [1.29, 1.82) is 0 Å². The van der Waals surface area contributed by atoms with E-state index in [1.54, 1.807) is 17.0 Å².